The van der Waals surface area contributed by atoms with Crippen molar-refractivity contribution in [1.82, 2.24) is 5.32 Å². The first-order valence-corrected chi connectivity index (χ1v) is 11.1. The Kier molecular flexibility index (Phi) is 6.98. The molecule has 0 aliphatic carbocycles. The predicted molar refractivity (Wildman–Crippen MR) is 131 cm³/mol. The lowest BCUT2D eigenvalue weighted by molar-refractivity contribution is -0.123. The molecule has 0 aliphatic heterocycles. The van der Waals surface area contributed by atoms with Crippen LogP contribution in [0.4, 0.5) is 5.00 Å². The minimum absolute atomic E-state index is 0.140. The summed E-state index contributed by atoms with van der Waals surface area (Å²) in [6.45, 7) is 0.294. The average molecular weight is 456 g/mol. The van der Waals surface area contributed by atoms with Gasteiger partial charge in [0, 0.05) is 22.8 Å². The van der Waals surface area contributed by atoms with E-state index < -0.39 is 0 Å². The fourth-order valence-corrected chi connectivity index (χ4v) is 4.24. The lowest BCUT2D eigenvalue weighted by atomic mass is 10.2. The summed E-state index contributed by atoms with van der Waals surface area (Å²) in [6, 6.07) is 25.0. The minimum atomic E-state index is -0.232. The molecule has 4 aromatic rings. The summed E-state index contributed by atoms with van der Waals surface area (Å²) in [6.07, 6.45) is 1.67. The number of rotatable bonds is 8. The Labute approximate surface area is 195 Å². The number of nitriles is 1. The van der Waals surface area contributed by atoms with Gasteiger partial charge in [0.2, 0.25) is 0 Å². The maximum absolute atomic E-state index is 12.2. The van der Waals surface area contributed by atoms with Crippen LogP contribution in [-0.4, -0.2) is 25.8 Å². The molecule has 33 heavy (non-hydrogen) atoms. The standard InChI is InChI=1S/C26H21N3O3S/c1-31-22-12-11-19(16-29-26-21(14-27)20-9-5-6-10-24(20)33-26)13-23(22)32-17-25(30)28-15-18-7-3-2-4-8-18/h2-13,16H,15,17H2,1H3,(H,28,30)/b29-16+. The Hall–Kier alpha value is -4.15. The molecule has 3 aromatic carbocycles. The fourth-order valence-electron chi connectivity index (χ4n) is 3.24. The normalized spacial score (nSPS) is 10.8. The molecule has 0 saturated heterocycles. The summed E-state index contributed by atoms with van der Waals surface area (Å²) < 4.78 is 12.1. The molecule has 1 aromatic heterocycles. The number of amides is 1. The van der Waals surface area contributed by atoms with E-state index in [4.69, 9.17) is 9.47 Å². The number of hydrogen-bond donors (Lipinski definition) is 1. The number of benzene rings is 3. The molecule has 0 spiro atoms. The Balaban J connectivity index is 1.45. The largest absolute Gasteiger partial charge is 0.493 e. The first kappa shape index (κ1) is 22.1. The number of ether oxygens (including phenoxy) is 2. The van der Waals surface area contributed by atoms with E-state index in [0.717, 1.165) is 21.2 Å². The van der Waals surface area contributed by atoms with Crippen LogP contribution in [0.2, 0.25) is 0 Å². The summed E-state index contributed by atoms with van der Waals surface area (Å²) in [5.41, 5.74) is 2.34. The summed E-state index contributed by atoms with van der Waals surface area (Å²) >= 11 is 1.47. The number of nitrogens with one attached hydrogen (secondary N) is 1. The number of carbonyl (C=O) groups is 1. The number of methoxy groups -OCH3 is 1. The van der Waals surface area contributed by atoms with E-state index in [9.17, 15) is 10.1 Å². The van der Waals surface area contributed by atoms with Crippen LogP contribution < -0.4 is 14.8 Å². The molecule has 0 atom stereocenters. The van der Waals surface area contributed by atoms with Crippen molar-refractivity contribution >= 4 is 38.5 Å². The van der Waals surface area contributed by atoms with Gasteiger partial charge in [-0.15, -0.1) is 11.3 Å². The van der Waals surface area contributed by atoms with E-state index in [0.29, 0.717) is 28.6 Å². The topological polar surface area (TPSA) is 83.7 Å². The van der Waals surface area contributed by atoms with Crippen molar-refractivity contribution < 1.29 is 14.3 Å². The Morgan fingerprint density at radius 3 is 2.67 bits per heavy atom. The lowest BCUT2D eigenvalue weighted by Crippen LogP contribution is -2.28. The molecular formula is C26H21N3O3S. The SMILES string of the molecule is COc1ccc(/C=N/c2sc3ccccc3c2C#N)cc1OCC(=O)NCc1ccccc1. The van der Waals surface area contributed by atoms with Crippen molar-refractivity contribution in [3.8, 4) is 17.6 Å². The van der Waals surface area contributed by atoms with Crippen molar-refractivity contribution in [2.75, 3.05) is 13.7 Å². The molecule has 164 valence electrons. The zero-order valence-corrected chi connectivity index (χ0v) is 18.8. The second-order valence-corrected chi connectivity index (χ2v) is 8.14. The monoisotopic (exact) mass is 455 g/mol. The first-order chi connectivity index (χ1) is 16.2. The third kappa shape index (κ3) is 5.37. The predicted octanol–water partition coefficient (Wildman–Crippen LogP) is 5.23. The van der Waals surface area contributed by atoms with Crippen molar-refractivity contribution in [2.45, 2.75) is 6.54 Å². The summed E-state index contributed by atoms with van der Waals surface area (Å²) in [7, 11) is 1.54. The van der Waals surface area contributed by atoms with Gasteiger partial charge >= 0.3 is 0 Å². The van der Waals surface area contributed by atoms with Crippen molar-refractivity contribution in [3.05, 3.63) is 89.5 Å². The van der Waals surface area contributed by atoms with E-state index in [2.05, 4.69) is 16.4 Å². The number of aliphatic imine (C=N–C) groups is 1. The van der Waals surface area contributed by atoms with Gasteiger partial charge in [0.15, 0.2) is 18.1 Å². The second kappa shape index (κ2) is 10.4. The van der Waals surface area contributed by atoms with Gasteiger partial charge in [-0.3, -0.25) is 4.79 Å². The van der Waals surface area contributed by atoms with E-state index in [1.165, 1.54) is 11.3 Å². The number of thiophene rings is 1. The fraction of sp³-hybridized carbons (Fsp3) is 0.115. The molecule has 1 amide bonds. The van der Waals surface area contributed by atoms with Crippen LogP contribution in [0.3, 0.4) is 0 Å². The molecule has 1 N–H and O–H groups in total. The third-order valence-electron chi connectivity index (χ3n) is 4.90. The highest BCUT2D eigenvalue weighted by Crippen LogP contribution is 2.37. The molecule has 0 saturated carbocycles. The van der Waals surface area contributed by atoms with Crippen molar-refractivity contribution in [2.24, 2.45) is 4.99 Å². The smallest absolute Gasteiger partial charge is 0.258 e. The number of carbonyl (C=O) groups excluding carboxylic acids is 1. The van der Waals surface area contributed by atoms with Crippen LogP contribution in [-0.2, 0) is 11.3 Å². The van der Waals surface area contributed by atoms with E-state index >= 15 is 0 Å². The highest BCUT2D eigenvalue weighted by atomic mass is 32.1. The maximum Gasteiger partial charge on any atom is 0.258 e. The van der Waals surface area contributed by atoms with Gasteiger partial charge in [-0.05, 0) is 35.4 Å². The Bertz CT molecular complexity index is 1340. The molecule has 7 heteroatoms. The quantitative estimate of drug-likeness (QED) is 0.369. The van der Waals surface area contributed by atoms with Crippen molar-refractivity contribution in [1.29, 1.82) is 5.26 Å². The van der Waals surface area contributed by atoms with Gasteiger partial charge < -0.3 is 14.8 Å². The molecular weight excluding hydrogens is 434 g/mol. The molecule has 6 nitrogen and oxygen atoms in total. The highest BCUT2D eigenvalue weighted by molar-refractivity contribution is 7.22. The number of fused-ring (bicyclic) bond motifs is 1. The van der Waals surface area contributed by atoms with E-state index in [-0.39, 0.29) is 12.5 Å². The van der Waals surface area contributed by atoms with Gasteiger partial charge in [-0.25, -0.2) is 4.99 Å². The van der Waals surface area contributed by atoms with E-state index in [1.807, 2.05) is 60.7 Å². The zero-order valence-electron chi connectivity index (χ0n) is 17.9. The highest BCUT2D eigenvalue weighted by Gasteiger charge is 2.11. The van der Waals surface area contributed by atoms with Crippen molar-refractivity contribution in [3.63, 3.8) is 0 Å². The van der Waals surface area contributed by atoms with Gasteiger partial charge in [0.25, 0.3) is 5.91 Å². The molecule has 4 rings (SSSR count). The number of nitrogens with zero attached hydrogens (tertiary/aromatic N) is 2. The van der Waals surface area contributed by atoms with Crippen LogP contribution in [0.25, 0.3) is 10.1 Å². The lowest BCUT2D eigenvalue weighted by Gasteiger charge is -2.11. The third-order valence-corrected chi connectivity index (χ3v) is 5.98. The molecule has 1 heterocycles. The number of hydrogen-bond acceptors (Lipinski definition) is 6. The molecule has 0 bridgehead atoms. The van der Waals surface area contributed by atoms with Crippen LogP contribution in [0.1, 0.15) is 16.7 Å². The second-order valence-electron chi connectivity index (χ2n) is 7.11. The van der Waals surface area contributed by atoms with Crippen LogP contribution in [0.15, 0.2) is 77.8 Å². The summed E-state index contributed by atoms with van der Waals surface area (Å²) in [4.78, 5) is 16.7. The first-order valence-electron chi connectivity index (χ1n) is 10.2. The van der Waals surface area contributed by atoms with Gasteiger partial charge in [-0.1, -0.05) is 48.5 Å². The summed E-state index contributed by atoms with van der Waals surface area (Å²) in [5.74, 6) is 0.722. The molecule has 0 unspecified atom stereocenters. The average Bonchev–Trinajstić information content (AvgIpc) is 3.23. The van der Waals surface area contributed by atoms with Crippen LogP contribution in [0, 0.1) is 11.3 Å². The van der Waals surface area contributed by atoms with Crippen LogP contribution >= 0.6 is 11.3 Å². The van der Waals surface area contributed by atoms with Crippen LogP contribution in [0.5, 0.6) is 11.5 Å². The Morgan fingerprint density at radius 2 is 1.88 bits per heavy atom. The molecule has 0 fully saturated rings. The Morgan fingerprint density at radius 1 is 1.09 bits per heavy atom. The van der Waals surface area contributed by atoms with Gasteiger partial charge in [0.1, 0.15) is 11.1 Å². The zero-order chi connectivity index (χ0) is 23.0. The molecule has 0 aliphatic rings. The maximum atomic E-state index is 12.2. The summed E-state index contributed by atoms with van der Waals surface area (Å²) in [5, 5.41) is 13.9. The van der Waals surface area contributed by atoms with E-state index in [1.54, 1.807) is 25.5 Å². The van der Waals surface area contributed by atoms with Gasteiger partial charge in [0.05, 0.1) is 12.7 Å². The van der Waals surface area contributed by atoms with Gasteiger partial charge in [-0.2, -0.15) is 5.26 Å². The molecule has 0 radical (unpaired) electrons. The minimum Gasteiger partial charge on any atom is -0.493 e.